The van der Waals surface area contributed by atoms with Crippen molar-refractivity contribution in [1.29, 1.82) is 0 Å². The van der Waals surface area contributed by atoms with E-state index in [2.05, 4.69) is 0 Å². The van der Waals surface area contributed by atoms with E-state index in [1.54, 1.807) is 0 Å². The van der Waals surface area contributed by atoms with E-state index < -0.39 is 27.7 Å². The normalized spacial score (nSPS) is 16.1. The summed E-state index contributed by atoms with van der Waals surface area (Å²) in [5, 5.41) is 0. The van der Waals surface area contributed by atoms with E-state index in [-0.39, 0.29) is 0 Å². The highest BCUT2D eigenvalue weighted by molar-refractivity contribution is 7.77. The van der Waals surface area contributed by atoms with Crippen molar-refractivity contribution in [2.75, 3.05) is 40.9 Å². The molecule has 0 spiro atoms. The molecule has 9 heteroatoms. The van der Waals surface area contributed by atoms with Gasteiger partial charge in [0.1, 0.15) is 7.14 Å². The zero-order valence-electron chi connectivity index (χ0n) is 10.4. The zero-order chi connectivity index (χ0) is 13.2. The summed E-state index contributed by atoms with van der Waals surface area (Å²) >= 11 is 0. The highest BCUT2D eigenvalue weighted by Crippen LogP contribution is 2.69. The third-order valence-corrected chi connectivity index (χ3v) is 8.06. The minimum absolute atomic E-state index is 1.17. The summed E-state index contributed by atoms with van der Waals surface area (Å²) < 4.78 is 50.3. The summed E-state index contributed by atoms with van der Waals surface area (Å²) in [7, 11) is -7.20. The second-order valence-electron chi connectivity index (χ2n) is 4.02. The van der Waals surface area contributed by atoms with Gasteiger partial charge in [-0.05, 0) is 13.3 Å². The molecule has 0 aliphatic carbocycles. The Kier molecular flexibility index (Phi) is 5.67. The maximum atomic E-state index is 12.1. The first-order chi connectivity index (χ1) is 6.96. The molecule has 0 rings (SSSR count). The molecule has 0 radical (unpaired) electrons. The molecule has 0 amide bonds. The van der Waals surface area contributed by atoms with Gasteiger partial charge in [0, 0.05) is 27.5 Å². The lowest BCUT2D eigenvalue weighted by Crippen LogP contribution is -2.14. The Morgan fingerprint density at radius 3 is 1.44 bits per heavy atom. The van der Waals surface area contributed by atoms with Crippen LogP contribution in [-0.2, 0) is 27.3 Å². The molecule has 0 aliphatic rings. The average Bonchev–Trinajstić information content (AvgIpc) is 2.10. The predicted molar refractivity (Wildman–Crippen MR) is 65.4 cm³/mol. The number of rotatable bonds is 6. The van der Waals surface area contributed by atoms with Gasteiger partial charge in [0.05, 0.1) is 0 Å². The second kappa shape index (κ2) is 5.48. The third-order valence-electron chi connectivity index (χ3n) is 1.66. The molecule has 0 saturated heterocycles. The van der Waals surface area contributed by atoms with E-state index in [0.717, 1.165) is 0 Å². The van der Waals surface area contributed by atoms with Crippen LogP contribution in [0.2, 0.25) is 0 Å². The van der Waals surface area contributed by atoms with Gasteiger partial charge in [-0.2, -0.15) is 0 Å². The van der Waals surface area contributed by atoms with Gasteiger partial charge in [-0.25, -0.2) is 0 Å². The summed E-state index contributed by atoms with van der Waals surface area (Å²) in [4.78, 5) is 0. The van der Waals surface area contributed by atoms with Crippen molar-refractivity contribution in [3.05, 3.63) is 0 Å². The van der Waals surface area contributed by atoms with Crippen molar-refractivity contribution in [1.82, 2.24) is 0 Å². The molecule has 0 aromatic rings. The van der Waals surface area contributed by atoms with Crippen LogP contribution in [0, 0.1) is 0 Å². The molecule has 0 aromatic carbocycles. The van der Waals surface area contributed by atoms with Crippen LogP contribution in [0.25, 0.3) is 0 Å². The van der Waals surface area contributed by atoms with Crippen LogP contribution in [-0.4, -0.2) is 46.5 Å². The average molecular weight is 292 g/mol. The predicted octanol–water partition coefficient (Wildman–Crippen LogP) is 2.93. The first-order valence-corrected chi connectivity index (χ1v) is 11.3. The molecule has 0 bridgehead atoms. The maximum Gasteiger partial charge on any atom is 0.366 e. The molecular weight excluding hydrogens is 273 g/mol. The lowest BCUT2D eigenvalue weighted by molar-refractivity contribution is 0.226. The van der Waals surface area contributed by atoms with Crippen LogP contribution < -0.4 is 0 Å². The lowest BCUT2D eigenvalue weighted by atomic mass is 11.6. The van der Waals surface area contributed by atoms with Crippen molar-refractivity contribution in [3.63, 3.8) is 0 Å². The summed E-state index contributed by atoms with van der Waals surface area (Å²) in [5.74, 6) is 0. The molecule has 0 N–H and O–H groups in total. The van der Waals surface area contributed by atoms with Gasteiger partial charge in [0.15, 0.2) is 7.37 Å². The van der Waals surface area contributed by atoms with E-state index in [9.17, 15) is 13.7 Å². The number of hydrogen-bond donors (Lipinski definition) is 0. The van der Waals surface area contributed by atoms with Gasteiger partial charge in [-0.1, -0.05) is 0 Å². The van der Waals surface area contributed by atoms with E-state index in [0.29, 0.717) is 0 Å². The Hall–Kier alpha value is 0.570. The van der Waals surface area contributed by atoms with Gasteiger partial charge < -0.3 is 18.1 Å². The van der Waals surface area contributed by atoms with Crippen molar-refractivity contribution in [2.24, 2.45) is 0 Å². The summed E-state index contributed by atoms with van der Waals surface area (Å²) in [6, 6.07) is 0. The molecule has 16 heavy (non-hydrogen) atoms. The molecular formula is C7H19O6P3. The third kappa shape index (κ3) is 4.83. The first-order valence-electron chi connectivity index (χ1n) is 4.45. The molecule has 6 nitrogen and oxygen atoms in total. The van der Waals surface area contributed by atoms with Gasteiger partial charge in [0.2, 0.25) is 5.59 Å². The van der Waals surface area contributed by atoms with Crippen LogP contribution >= 0.6 is 22.1 Å². The van der Waals surface area contributed by atoms with Crippen LogP contribution in [0.1, 0.15) is 0 Å². The largest absolute Gasteiger partial charge is 0.366 e. The van der Waals surface area contributed by atoms with Crippen LogP contribution in [0.15, 0.2) is 0 Å². The Morgan fingerprint density at radius 2 is 1.25 bits per heavy atom. The second-order valence-corrected chi connectivity index (χ2v) is 12.8. The fraction of sp³-hybridized carbons (Fsp3) is 1.00. The Bertz CT molecular complexity index is 358. The van der Waals surface area contributed by atoms with E-state index >= 15 is 0 Å². The highest BCUT2D eigenvalue weighted by atomic mass is 31.2. The van der Waals surface area contributed by atoms with Crippen LogP contribution in [0.5, 0.6) is 0 Å². The molecule has 0 heterocycles. The van der Waals surface area contributed by atoms with Gasteiger partial charge in [-0.3, -0.25) is 9.13 Å². The first kappa shape index (κ1) is 16.6. The van der Waals surface area contributed by atoms with Crippen molar-refractivity contribution < 1.29 is 27.3 Å². The SMILES string of the molecule is COP(=O)(OC)C(OP(C)(C)=O)P(C)(C)=O. The summed E-state index contributed by atoms with van der Waals surface area (Å²) in [6.45, 7) is 5.48. The molecule has 0 saturated carbocycles. The fourth-order valence-corrected chi connectivity index (χ4v) is 7.98. The Balaban J connectivity index is 5.36. The van der Waals surface area contributed by atoms with Crippen molar-refractivity contribution in [3.8, 4) is 0 Å². The number of hydrogen-bond acceptors (Lipinski definition) is 6. The molecule has 1 unspecified atom stereocenters. The quantitative estimate of drug-likeness (QED) is 0.700. The maximum absolute atomic E-state index is 12.1. The standard InChI is InChI=1S/C7H19O6P3/c1-11-16(10,12-2)7(14(3,4)8)13-15(5,6)9/h7H,1-6H3. The molecule has 0 fully saturated rings. The van der Waals surface area contributed by atoms with Crippen molar-refractivity contribution in [2.45, 2.75) is 5.59 Å². The lowest BCUT2D eigenvalue weighted by Gasteiger charge is -2.28. The van der Waals surface area contributed by atoms with E-state index in [1.807, 2.05) is 0 Å². The van der Waals surface area contributed by atoms with Gasteiger partial charge >= 0.3 is 7.60 Å². The highest BCUT2D eigenvalue weighted by Gasteiger charge is 2.45. The van der Waals surface area contributed by atoms with Crippen LogP contribution in [0.4, 0.5) is 0 Å². The van der Waals surface area contributed by atoms with Crippen molar-refractivity contribution >= 4 is 22.1 Å². The molecule has 0 aliphatic heterocycles. The Morgan fingerprint density at radius 1 is 0.875 bits per heavy atom. The fourth-order valence-electron chi connectivity index (χ4n) is 0.994. The topological polar surface area (TPSA) is 78.9 Å². The summed E-state index contributed by atoms with van der Waals surface area (Å²) in [5.41, 5.74) is -1.30. The molecule has 0 aromatic heterocycles. The minimum Gasteiger partial charge on any atom is -0.321 e. The Labute approximate surface area is 96.4 Å². The zero-order valence-corrected chi connectivity index (χ0v) is 13.1. The molecule has 98 valence electrons. The van der Waals surface area contributed by atoms with Gasteiger partial charge in [0.25, 0.3) is 0 Å². The minimum atomic E-state index is -3.67. The summed E-state index contributed by atoms with van der Waals surface area (Å²) in [6.07, 6.45) is 0. The van der Waals surface area contributed by atoms with Crippen LogP contribution in [0.3, 0.4) is 0 Å². The van der Waals surface area contributed by atoms with E-state index in [4.69, 9.17) is 13.6 Å². The van der Waals surface area contributed by atoms with Gasteiger partial charge in [-0.15, -0.1) is 0 Å². The smallest absolute Gasteiger partial charge is 0.321 e. The van der Waals surface area contributed by atoms with E-state index in [1.165, 1.54) is 40.9 Å². The monoisotopic (exact) mass is 292 g/mol. The molecule has 1 atom stereocenters.